The van der Waals surface area contributed by atoms with Crippen LogP contribution in [0.3, 0.4) is 0 Å². The molecule has 0 saturated heterocycles. The zero-order chi connectivity index (χ0) is 19.9. The van der Waals surface area contributed by atoms with E-state index < -0.39 is 0 Å². The first-order chi connectivity index (χ1) is 13.2. The molecule has 0 aliphatic heterocycles. The monoisotopic (exact) mass is 384 g/mol. The second-order valence-electron chi connectivity index (χ2n) is 12.3. The molecule has 5 rings (SSSR count). The maximum atomic E-state index is 10.8. The van der Waals surface area contributed by atoms with Gasteiger partial charge in [0.15, 0.2) is 0 Å². The number of carbonyl (C=O) groups excluding carboxylic acids is 1. The summed E-state index contributed by atoms with van der Waals surface area (Å²) in [6, 6.07) is 0. The Kier molecular flexibility index (Phi) is 4.12. The predicted octanol–water partition coefficient (Wildman–Crippen LogP) is 5.79. The summed E-state index contributed by atoms with van der Waals surface area (Å²) in [7, 11) is 0. The largest absolute Gasteiger partial charge is 0.393 e. The Morgan fingerprint density at radius 3 is 2.43 bits per heavy atom. The van der Waals surface area contributed by atoms with E-state index in [0.29, 0.717) is 22.2 Å². The summed E-state index contributed by atoms with van der Waals surface area (Å²) in [5.41, 5.74) is 1.72. The molecule has 5 saturated carbocycles. The average Bonchev–Trinajstić information content (AvgIpc) is 3.20. The van der Waals surface area contributed by atoms with Crippen LogP contribution in [0.2, 0.25) is 0 Å². The molecular formula is C26H40O2. The molecule has 2 heteroatoms. The molecule has 0 aromatic carbocycles. The number of aliphatic hydroxyl groups is 1. The molecule has 0 unspecified atom stereocenters. The van der Waals surface area contributed by atoms with Gasteiger partial charge in [0.05, 0.1) is 6.10 Å². The van der Waals surface area contributed by atoms with E-state index in [1.165, 1.54) is 51.4 Å². The highest BCUT2D eigenvalue weighted by Gasteiger charge is 2.80. The summed E-state index contributed by atoms with van der Waals surface area (Å²) in [6.45, 7) is 9.65. The van der Waals surface area contributed by atoms with Crippen LogP contribution in [0.25, 0.3) is 0 Å². The van der Waals surface area contributed by atoms with E-state index in [2.05, 4.69) is 33.8 Å². The fourth-order valence-corrected chi connectivity index (χ4v) is 10.1. The molecule has 156 valence electrons. The van der Waals surface area contributed by atoms with Gasteiger partial charge in [-0.15, -0.1) is 0 Å². The van der Waals surface area contributed by atoms with Crippen molar-refractivity contribution in [2.24, 2.45) is 51.2 Å². The Balaban J connectivity index is 1.43. The van der Waals surface area contributed by atoms with E-state index in [0.717, 1.165) is 36.4 Å². The number of hydrogen-bond donors (Lipinski definition) is 1. The molecular weight excluding hydrogens is 344 g/mol. The van der Waals surface area contributed by atoms with Crippen molar-refractivity contribution in [1.29, 1.82) is 0 Å². The van der Waals surface area contributed by atoms with Crippen LogP contribution in [0.5, 0.6) is 0 Å². The van der Waals surface area contributed by atoms with Crippen LogP contribution in [-0.4, -0.2) is 17.5 Å². The topological polar surface area (TPSA) is 37.3 Å². The first kappa shape index (κ1) is 19.3. The molecule has 0 aromatic heterocycles. The smallest absolute Gasteiger partial charge is 0.142 e. The van der Waals surface area contributed by atoms with Gasteiger partial charge in [0, 0.05) is 0 Å². The Morgan fingerprint density at radius 2 is 1.68 bits per heavy atom. The van der Waals surface area contributed by atoms with Crippen molar-refractivity contribution in [3.05, 3.63) is 12.2 Å². The van der Waals surface area contributed by atoms with E-state index in [4.69, 9.17) is 0 Å². The number of fused-ring (bicyclic) bond motifs is 2. The Bertz CT molecular complexity index is 695. The summed E-state index contributed by atoms with van der Waals surface area (Å²) >= 11 is 0. The molecule has 9 atom stereocenters. The summed E-state index contributed by atoms with van der Waals surface area (Å²) < 4.78 is 0. The molecule has 5 aliphatic rings. The fourth-order valence-electron chi connectivity index (χ4n) is 10.1. The lowest BCUT2D eigenvalue weighted by atomic mass is 9.46. The highest BCUT2D eigenvalue weighted by Crippen LogP contribution is 2.87. The van der Waals surface area contributed by atoms with Gasteiger partial charge in [-0.25, -0.2) is 0 Å². The lowest BCUT2D eigenvalue weighted by Crippen LogP contribution is -2.54. The van der Waals surface area contributed by atoms with Crippen molar-refractivity contribution in [3.8, 4) is 0 Å². The van der Waals surface area contributed by atoms with Crippen molar-refractivity contribution < 1.29 is 9.90 Å². The highest BCUT2D eigenvalue weighted by atomic mass is 16.3. The van der Waals surface area contributed by atoms with Crippen molar-refractivity contribution in [1.82, 2.24) is 0 Å². The van der Waals surface area contributed by atoms with Crippen LogP contribution in [0.15, 0.2) is 12.2 Å². The number of rotatable bonds is 3. The van der Waals surface area contributed by atoms with Crippen LogP contribution in [0.4, 0.5) is 0 Å². The van der Waals surface area contributed by atoms with E-state index in [9.17, 15) is 9.90 Å². The third-order valence-corrected chi connectivity index (χ3v) is 11.5. The van der Waals surface area contributed by atoms with Gasteiger partial charge in [0.2, 0.25) is 0 Å². The molecule has 2 nitrogen and oxygen atoms in total. The van der Waals surface area contributed by atoms with Gasteiger partial charge >= 0.3 is 0 Å². The first-order valence-electron chi connectivity index (χ1n) is 12.0. The number of aliphatic hydroxyl groups excluding tert-OH is 1. The molecule has 2 spiro atoms. The second-order valence-corrected chi connectivity index (χ2v) is 12.3. The molecule has 5 fully saturated rings. The molecule has 5 aliphatic carbocycles. The van der Waals surface area contributed by atoms with E-state index >= 15 is 0 Å². The fraction of sp³-hybridized carbons (Fsp3) is 0.885. The normalized spacial score (nSPS) is 55.0. The Labute approximate surface area is 171 Å². The number of allylic oxidation sites excluding steroid dienone is 2. The SMILES string of the molecule is C[C@H](/C=C/C=O)[C@H]1CC[C@@H]2[C@@H]3CC[C@@H]4C(C)(C)[C@@H](O)CC[C@@]45C[C@@]35CC[C@]12C. The molecule has 0 radical (unpaired) electrons. The van der Waals surface area contributed by atoms with Crippen LogP contribution in [0, 0.1) is 51.2 Å². The van der Waals surface area contributed by atoms with E-state index in [1.807, 2.05) is 0 Å². The van der Waals surface area contributed by atoms with Gasteiger partial charge < -0.3 is 5.11 Å². The van der Waals surface area contributed by atoms with E-state index in [-0.39, 0.29) is 11.5 Å². The van der Waals surface area contributed by atoms with E-state index in [1.54, 1.807) is 6.08 Å². The minimum atomic E-state index is -0.104. The van der Waals surface area contributed by atoms with Crippen LogP contribution < -0.4 is 0 Å². The molecule has 28 heavy (non-hydrogen) atoms. The van der Waals surface area contributed by atoms with Gasteiger partial charge in [-0.3, -0.25) is 4.79 Å². The van der Waals surface area contributed by atoms with Crippen molar-refractivity contribution in [3.63, 3.8) is 0 Å². The van der Waals surface area contributed by atoms with Gasteiger partial charge in [0.1, 0.15) is 6.29 Å². The quantitative estimate of drug-likeness (QED) is 0.494. The maximum absolute atomic E-state index is 10.8. The van der Waals surface area contributed by atoms with Crippen molar-refractivity contribution >= 4 is 6.29 Å². The lowest BCUT2D eigenvalue weighted by molar-refractivity contribution is -0.133. The Morgan fingerprint density at radius 1 is 0.929 bits per heavy atom. The standard InChI is InChI=1S/C26H40O2/c1-17(6-5-15-27)18-7-8-19-20-9-10-21-23(2,3)22(28)11-12-26(21)16-25(20,26)14-13-24(18,19)4/h5-6,15,17-22,28H,7-14,16H2,1-4H3/b6-5+/t17-,18-,19-,20+,21-,22+,24-,25+,26-/m1/s1. The zero-order valence-corrected chi connectivity index (χ0v) is 18.4. The Hall–Kier alpha value is -0.630. The minimum absolute atomic E-state index is 0.0970. The molecule has 1 N–H and O–H groups in total. The van der Waals surface area contributed by atoms with Gasteiger partial charge in [-0.05, 0) is 115 Å². The summed E-state index contributed by atoms with van der Waals surface area (Å²) in [5, 5.41) is 10.7. The summed E-state index contributed by atoms with van der Waals surface area (Å²) in [5.74, 6) is 3.79. The predicted molar refractivity (Wildman–Crippen MR) is 113 cm³/mol. The highest BCUT2D eigenvalue weighted by molar-refractivity contribution is 5.64. The minimum Gasteiger partial charge on any atom is -0.393 e. The molecule has 0 bridgehead atoms. The zero-order valence-electron chi connectivity index (χ0n) is 18.4. The lowest BCUT2D eigenvalue weighted by Gasteiger charge is -2.59. The first-order valence-corrected chi connectivity index (χ1v) is 12.0. The van der Waals surface area contributed by atoms with Gasteiger partial charge in [-0.1, -0.05) is 33.8 Å². The average molecular weight is 385 g/mol. The number of hydrogen-bond acceptors (Lipinski definition) is 2. The van der Waals surface area contributed by atoms with Crippen LogP contribution in [0.1, 0.15) is 85.5 Å². The maximum Gasteiger partial charge on any atom is 0.142 e. The molecule has 0 aromatic rings. The third-order valence-electron chi connectivity index (χ3n) is 11.5. The van der Waals surface area contributed by atoms with Crippen molar-refractivity contribution in [2.45, 2.75) is 91.6 Å². The number of carbonyl (C=O) groups is 1. The molecule has 0 amide bonds. The van der Waals surface area contributed by atoms with Crippen LogP contribution >= 0.6 is 0 Å². The number of aldehydes is 1. The summed E-state index contributed by atoms with van der Waals surface area (Å²) in [4.78, 5) is 10.8. The molecule has 0 heterocycles. The summed E-state index contributed by atoms with van der Waals surface area (Å²) in [6.07, 6.45) is 16.8. The van der Waals surface area contributed by atoms with Crippen molar-refractivity contribution in [2.75, 3.05) is 0 Å². The van der Waals surface area contributed by atoms with Crippen LogP contribution in [-0.2, 0) is 4.79 Å². The second kappa shape index (κ2) is 5.96. The third kappa shape index (κ3) is 2.17. The van der Waals surface area contributed by atoms with Gasteiger partial charge in [0.25, 0.3) is 0 Å². The van der Waals surface area contributed by atoms with Gasteiger partial charge in [-0.2, -0.15) is 0 Å².